The van der Waals surface area contributed by atoms with Gasteiger partial charge in [0.05, 0.1) is 12.7 Å². The van der Waals surface area contributed by atoms with Crippen molar-refractivity contribution in [3.8, 4) is 0 Å². The number of carbonyl (C=O) groups is 1. The summed E-state index contributed by atoms with van der Waals surface area (Å²) in [7, 11) is 1.74. The van der Waals surface area contributed by atoms with Gasteiger partial charge in [0.2, 0.25) is 0 Å². The molecule has 2 aliphatic heterocycles. The monoisotopic (exact) mass is 339 g/mol. The van der Waals surface area contributed by atoms with Crippen LogP contribution in [-0.4, -0.2) is 50.3 Å². The first-order chi connectivity index (χ1) is 12.2. The molecule has 0 bridgehead atoms. The maximum atomic E-state index is 13.1. The third kappa shape index (κ3) is 3.05. The normalized spacial score (nSPS) is 26.4. The summed E-state index contributed by atoms with van der Waals surface area (Å²) in [5.74, 6) is 0.116. The molecule has 0 saturated carbocycles. The molecule has 4 nitrogen and oxygen atoms in total. The number of carbonyl (C=O) groups excluding carboxylic acids is 1. The van der Waals surface area contributed by atoms with Gasteiger partial charge in [-0.3, -0.25) is 4.79 Å². The van der Waals surface area contributed by atoms with E-state index in [1.807, 2.05) is 35.2 Å². The first-order valence-electron chi connectivity index (χ1n) is 9.10. The first kappa shape index (κ1) is 16.6. The van der Waals surface area contributed by atoms with Crippen molar-refractivity contribution in [3.05, 3.63) is 48.0 Å². The number of rotatable bonds is 3. The largest absolute Gasteiger partial charge is 0.384 e. The quantitative estimate of drug-likeness (QED) is 0.859. The van der Waals surface area contributed by atoms with Crippen molar-refractivity contribution in [2.75, 3.05) is 33.4 Å². The molecule has 1 amide bonds. The van der Waals surface area contributed by atoms with Gasteiger partial charge in [-0.25, -0.2) is 0 Å². The molecule has 2 saturated heterocycles. The highest BCUT2D eigenvalue weighted by Crippen LogP contribution is 2.40. The van der Waals surface area contributed by atoms with Gasteiger partial charge in [0.15, 0.2) is 0 Å². The second-order valence-corrected chi connectivity index (χ2v) is 7.34. The molecule has 2 aliphatic rings. The van der Waals surface area contributed by atoms with E-state index in [9.17, 15) is 4.79 Å². The summed E-state index contributed by atoms with van der Waals surface area (Å²) in [6.45, 7) is 2.95. The minimum absolute atomic E-state index is 0.0578. The lowest BCUT2D eigenvalue weighted by molar-refractivity contribution is -0.142. The molecule has 0 spiro atoms. The van der Waals surface area contributed by atoms with Crippen LogP contribution in [0.5, 0.6) is 0 Å². The van der Waals surface area contributed by atoms with E-state index in [1.54, 1.807) is 7.11 Å². The fourth-order valence-corrected chi connectivity index (χ4v) is 4.47. The van der Waals surface area contributed by atoms with E-state index < -0.39 is 0 Å². The molecule has 0 N–H and O–H groups in total. The predicted molar refractivity (Wildman–Crippen MR) is 97.8 cm³/mol. The molecule has 4 rings (SSSR count). The number of hydrogen-bond acceptors (Lipinski definition) is 3. The molecular formula is C21H25NO3. The number of benzene rings is 2. The molecule has 25 heavy (non-hydrogen) atoms. The van der Waals surface area contributed by atoms with Crippen LogP contribution in [0.25, 0.3) is 10.8 Å². The van der Waals surface area contributed by atoms with Gasteiger partial charge in [0.25, 0.3) is 5.91 Å². The van der Waals surface area contributed by atoms with Crippen molar-refractivity contribution in [1.82, 2.24) is 4.90 Å². The fourth-order valence-electron chi connectivity index (χ4n) is 4.47. The number of nitrogens with zero attached hydrogens (tertiary/aromatic N) is 1. The van der Waals surface area contributed by atoms with Gasteiger partial charge >= 0.3 is 0 Å². The van der Waals surface area contributed by atoms with Crippen LogP contribution >= 0.6 is 0 Å². The number of hydrogen-bond donors (Lipinski definition) is 0. The van der Waals surface area contributed by atoms with Crippen LogP contribution in [0.3, 0.4) is 0 Å². The minimum atomic E-state index is -0.0578. The third-order valence-corrected chi connectivity index (χ3v) is 5.70. The van der Waals surface area contributed by atoms with Gasteiger partial charge in [-0.1, -0.05) is 30.3 Å². The molecule has 2 heterocycles. The number of amides is 1. The van der Waals surface area contributed by atoms with Crippen molar-refractivity contribution in [3.63, 3.8) is 0 Å². The third-order valence-electron chi connectivity index (χ3n) is 5.70. The van der Waals surface area contributed by atoms with Crippen LogP contribution < -0.4 is 0 Å². The molecule has 132 valence electrons. The Morgan fingerprint density at radius 2 is 2.12 bits per heavy atom. The van der Waals surface area contributed by atoms with Crippen LogP contribution in [0.2, 0.25) is 0 Å². The molecular weight excluding hydrogens is 314 g/mol. The first-order valence-corrected chi connectivity index (χ1v) is 9.10. The number of methoxy groups -OCH3 is 1. The molecule has 2 fully saturated rings. The molecule has 4 heteroatoms. The zero-order valence-electron chi connectivity index (χ0n) is 14.7. The van der Waals surface area contributed by atoms with Crippen molar-refractivity contribution >= 4 is 16.7 Å². The molecule has 0 aromatic heterocycles. The van der Waals surface area contributed by atoms with Gasteiger partial charge < -0.3 is 14.4 Å². The Morgan fingerprint density at radius 1 is 1.28 bits per heavy atom. The average Bonchev–Trinajstić information content (AvgIpc) is 2.66. The van der Waals surface area contributed by atoms with E-state index in [-0.39, 0.29) is 17.4 Å². The summed E-state index contributed by atoms with van der Waals surface area (Å²) in [6, 6.07) is 14.1. The summed E-state index contributed by atoms with van der Waals surface area (Å²) in [5.41, 5.74) is 0.707. The zero-order chi connectivity index (χ0) is 17.3. The Kier molecular flexibility index (Phi) is 4.48. The van der Waals surface area contributed by atoms with Crippen LogP contribution in [0.4, 0.5) is 0 Å². The SMILES string of the molecule is COC[C@@]12CCCO[C@H]1CCN(C(=O)c1ccc3ccccc3c1)C2. The highest BCUT2D eigenvalue weighted by Gasteiger charge is 2.47. The summed E-state index contributed by atoms with van der Waals surface area (Å²) in [6.07, 6.45) is 3.20. The van der Waals surface area contributed by atoms with Crippen molar-refractivity contribution in [2.24, 2.45) is 5.41 Å². The minimum Gasteiger partial charge on any atom is -0.384 e. The molecule has 2 aromatic carbocycles. The Morgan fingerprint density at radius 3 is 2.96 bits per heavy atom. The van der Waals surface area contributed by atoms with Crippen LogP contribution in [0, 0.1) is 5.41 Å². The van der Waals surface area contributed by atoms with E-state index in [0.717, 1.165) is 55.3 Å². The maximum Gasteiger partial charge on any atom is 0.253 e. The van der Waals surface area contributed by atoms with Crippen LogP contribution in [-0.2, 0) is 9.47 Å². The lowest BCUT2D eigenvalue weighted by atomic mass is 9.73. The summed E-state index contributed by atoms with van der Waals surface area (Å²) in [5, 5.41) is 2.27. The standard InChI is InChI=1S/C21H25NO3/c1-24-15-21-10-4-12-25-19(21)9-11-22(14-21)20(23)18-8-7-16-5-2-3-6-17(16)13-18/h2-3,5-8,13,19H,4,9-12,14-15H2,1H3/t19-,21-/m0/s1. The topological polar surface area (TPSA) is 38.8 Å². The summed E-state index contributed by atoms with van der Waals surface area (Å²) >= 11 is 0. The highest BCUT2D eigenvalue weighted by molar-refractivity contribution is 5.98. The molecule has 0 unspecified atom stereocenters. The van der Waals surface area contributed by atoms with E-state index >= 15 is 0 Å². The van der Waals surface area contributed by atoms with Crippen LogP contribution in [0.15, 0.2) is 42.5 Å². The Labute approximate surface area is 148 Å². The van der Waals surface area contributed by atoms with Crippen molar-refractivity contribution in [2.45, 2.75) is 25.4 Å². The maximum absolute atomic E-state index is 13.1. The van der Waals surface area contributed by atoms with Gasteiger partial charge in [0.1, 0.15) is 0 Å². The lowest BCUT2D eigenvalue weighted by Gasteiger charge is -2.50. The molecule has 0 aliphatic carbocycles. The molecule has 0 radical (unpaired) electrons. The van der Waals surface area contributed by atoms with Gasteiger partial charge in [-0.15, -0.1) is 0 Å². The fraction of sp³-hybridized carbons (Fsp3) is 0.476. The van der Waals surface area contributed by atoms with Gasteiger partial charge in [0, 0.05) is 37.8 Å². The smallest absolute Gasteiger partial charge is 0.253 e. The van der Waals surface area contributed by atoms with Gasteiger partial charge in [-0.2, -0.15) is 0 Å². The average molecular weight is 339 g/mol. The summed E-state index contributed by atoms with van der Waals surface area (Å²) in [4.78, 5) is 15.1. The summed E-state index contributed by atoms with van der Waals surface area (Å²) < 4.78 is 11.5. The number of ether oxygens (including phenoxy) is 2. The van der Waals surface area contributed by atoms with E-state index in [0.29, 0.717) is 6.61 Å². The van der Waals surface area contributed by atoms with Gasteiger partial charge in [-0.05, 0) is 42.2 Å². The van der Waals surface area contributed by atoms with E-state index in [1.165, 1.54) is 0 Å². The second kappa shape index (κ2) is 6.77. The second-order valence-electron chi connectivity index (χ2n) is 7.34. The predicted octanol–water partition coefficient (Wildman–Crippen LogP) is 3.50. The Bertz CT molecular complexity index is 771. The van der Waals surface area contributed by atoms with Crippen LogP contribution in [0.1, 0.15) is 29.6 Å². The van der Waals surface area contributed by atoms with Crippen molar-refractivity contribution in [1.29, 1.82) is 0 Å². The lowest BCUT2D eigenvalue weighted by Crippen LogP contribution is -2.58. The molecule has 2 aromatic rings. The van der Waals surface area contributed by atoms with Crippen molar-refractivity contribution < 1.29 is 14.3 Å². The Balaban J connectivity index is 1.58. The Hall–Kier alpha value is -1.91. The molecule has 2 atom stereocenters. The number of likely N-dealkylation sites (tertiary alicyclic amines) is 1. The number of fused-ring (bicyclic) bond motifs is 2. The number of piperidine rings is 1. The van der Waals surface area contributed by atoms with E-state index in [2.05, 4.69) is 12.1 Å². The highest BCUT2D eigenvalue weighted by atomic mass is 16.5. The van der Waals surface area contributed by atoms with E-state index in [4.69, 9.17) is 9.47 Å². The zero-order valence-corrected chi connectivity index (χ0v) is 14.7.